The fourth-order valence-electron chi connectivity index (χ4n) is 3.89. The van der Waals surface area contributed by atoms with Crippen LogP contribution in [0.1, 0.15) is 62.3 Å². The minimum atomic E-state index is -0.239. The molecule has 1 saturated heterocycles. The summed E-state index contributed by atoms with van der Waals surface area (Å²) in [5.74, 6) is 0.126. The fourth-order valence-corrected chi connectivity index (χ4v) is 3.89. The summed E-state index contributed by atoms with van der Waals surface area (Å²) in [6, 6.07) is 2.25. The highest BCUT2D eigenvalue weighted by Crippen LogP contribution is 2.24. The monoisotopic (exact) mass is 363 g/mol. The average Bonchev–Trinajstić information content (AvgIpc) is 2.88. The predicted octanol–water partition coefficient (Wildman–Crippen LogP) is 3.25. The number of Topliss-reactive ketones (excluding diaryl/α,β-unsaturated/α-hetero) is 1. The zero-order valence-corrected chi connectivity index (χ0v) is 17.0. The summed E-state index contributed by atoms with van der Waals surface area (Å²) in [5.41, 5.74) is 2.90. The van der Waals surface area contributed by atoms with Gasteiger partial charge in [0.1, 0.15) is 0 Å². The first-order valence-electron chi connectivity index (χ1n) is 9.52. The average molecular weight is 364 g/mol. The number of ketones is 1. The van der Waals surface area contributed by atoms with Crippen LogP contribution in [0.4, 0.5) is 4.79 Å². The Morgan fingerprint density at radius 3 is 2.35 bits per heavy atom. The minimum absolute atomic E-state index is 0.0416. The van der Waals surface area contributed by atoms with Crippen molar-refractivity contribution in [1.29, 1.82) is 0 Å². The topological polar surface area (TPSA) is 63.6 Å². The number of aromatic nitrogens is 1. The van der Waals surface area contributed by atoms with Crippen LogP contribution in [0.5, 0.6) is 0 Å². The van der Waals surface area contributed by atoms with Gasteiger partial charge in [-0.2, -0.15) is 0 Å². The van der Waals surface area contributed by atoms with E-state index in [9.17, 15) is 9.59 Å². The molecule has 1 amide bonds. The standard InChI is InChI=1S/C20H33N3O3/c1-7-26-19(25)22-10-8-16(9-11-22)21-13-18(24)17-12-14(2)23(15(17)3)20(4,5)6/h12,16,21H,7-11,13H2,1-6H3. The summed E-state index contributed by atoms with van der Waals surface area (Å²) in [7, 11) is 0. The molecule has 0 atom stereocenters. The molecule has 0 unspecified atom stereocenters. The maximum atomic E-state index is 12.7. The lowest BCUT2D eigenvalue weighted by Gasteiger charge is -2.31. The van der Waals surface area contributed by atoms with Crippen molar-refractivity contribution in [1.82, 2.24) is 14.8 Å². The Morgan fingerprint density at radius 2 is 1.85 bits per heavy atom. The molecule has 1 aromatic heterocycles. The Balaban J connectivity index is 1.90. The van der Waals surface area contributed by atoms with E-state index in [4.69, 9.17) is 4.74 Å². The van der Waals surface area contributed by atoms with Crippen molar-refractivity contribution in [3.8, 4) is 0 Å². The van der Waals surface area contributed by atoms with E-state index in [-0.39, 0.29) is 23.5 Å². The molecule has 0 aliphatic carbocycles. The van der Waals surface area contributed by atoms with E-state index in [2.05, 4.69) is 30.7 Å². The van der Waals surface area contributed by atoms with E-state index in [1.807, 2.05) is 26.8 Å². The van der Waals surface area contributed by atoms with Crippen LogP contribution in [-0.4, -0.2) is 53.6 Å². The molecule has 2 rings (SSSR count). The maximum absolute atomic E-state index is 12.7. The normalized spacial score (nSPS) is 16.0. The lowest BCUT2D eigenvalue weighted by Crippen LogP contribution is -2.46. The van der Waals surface area contributed by atoms with Gasteiger partial charge < -0.3 is 19.5 Å². The van der Waals surface area contributed by atoms with Crippen LogP contribution in [0.2, 0.25) is 0 Å². The number of nitrogens with one attached hydrogen (secondary N) is 1. The number of piperidine rings is 1. The molecule has 26 heavy (non-hydrogen) atoms. The third kappa shape index (κ3) is 4.67. The molecule has 0 spiro atoms. The molecule has 0 saturated carbocycles. The van der Waals surface area contributed by atoms with Crippen molar-refractivity contribution < 1.29 is 14.3 Å². The summed E-state index contributed by atoms with van der Waals surface area (Å²) in [4.78, 5) is 26.2. The third-order valence-electron chi connectivity index (χ3n) is 4.97. The molecule has 2 heterocycles. The van der Waals surface area contributed by atoms with Gasteiger partial charge in [-0.25, -0.2) is 4.79 Å². The molecule has 1 fully saturated rings. The zero-order chi connectivity index (χ0) is 19.5. The first-order chi connectivity index (χ1) is 12.1. The second kappa shape index (κ2) is 8.25. The number of rotatable bonds is 5. The van der Waals surface area contributed by atoms with E-state index >= 15 is 0 Å². The molecule has 0 bridgehead atoms. The van der Waals surface area contributed by atoms with Crippen LogP contribution in [0.15, 0.2) is 6.07 Å². The van der Waals surface area contributed by atoms with Crippen molar-refractivity contribution >= 4 is 11.9 Å². The van der Waals surface area contributed by atoms with E-state index in [0.29, 0.717) is 26.2 Å². The van der Waals surface area contributed by atoms with Gasteiger partial charge in [0.2, 0.25) is 0 Å². The first-order valence-corrected chi connectivity index (χ1v) is 9.52. The Labute approximate surface area is 156 Å². The molecular formula is C20H33N3O3. The van der Waals surface area contributed by atoms with Gasteiger partial charge in [0, 0.05) is 41.6 Å². The first kappa shape index (κ1) is 20.5. The molecule has 1 aromatic rings. The maximum Gasteiger partial charge on any atom is 0.409 e. The van der Waals surface area contributed by atoms with Crippen LogP contribution in [0, 0.1) is 13.8 Å². The van der Waals surface area contributed by atoms with Crippen LogP contribution in [0.3, 0.4) is 0 Å². The second-order valence-electron chi connectivity index (χ2n) is 8.06. The highest BCUT2D eigenvalue weighted by atomic mass is 16.6. The number of hydrogen-bond donors (Lipinski definition) is 1. The third-order valence-corrected chi connectivity index (χ3v) is 4.97. The number of nitrogens with zero attached hydrogens (tertiary/aromatic N) is 2. The number of amides is 1. The molecule has 1 aliphatic heterocycles. The Morgan fingerprint density at radius 1 is 1.23 bits per heavy atom. The Bertz CT molecular complexity index is 650. The summed E-state index contributed by atoms with van der Waals surface area (Å²) < 4.78 is 7.26. The molecule has 6 heteroatoms. The Hall–Kier alpha value is -1.82. The quantitative estimate of drug-likeness (QED) is 0.816. The zero-order valence-electron chi connectivity index (χ0n) is 17.0. The smallest absolute Gasteiger partial charge is 0.409 e. The van der Waals surface area contributed by atoms with Crippen molar-refractivity contribution in [3.05, 3.63) is 23.0 Å². The van der Waals surface area contributed by atoms with E-state index in [0.717, 1.165) is 29.8 Å². The molecule has 1 N–H and O–H groups in total. The van der Waals surface area contributed by atoms with E-state index < -0.39 is 0 Å². The number of carbonyl (C=O) groups excluding carboxylic acids is 2. The molecule has 0 aromatic carbocycles. The summed E-state index contributed by atoms with van der Waals surface area (Å²) >= 11 is 0. The van der Waals surface area contributed by atoms with Gasteiger partial charge in [-0.1, -0.05) is 0 Å². The predicted molar refractivity (Wildman–Crippen MR) is 103 cm³/mol. The second-order valence-corrected chi connectivity index (χ2v) is 8.06. The van der Waals surface area contributed by atoms with Crippen molar-refractivity contribution in [2.24, 2.45) is 0 Å². The lowest BCUT2D eigenvalue weighted by molar-refractivity contribution is 0.0913. The summed E-state index contributed by atoms with van der Waals surface area (Å²) in [5, 5.41) is 3.37. The van der Waals surface area contributed by atoms with Gasteiger partial charge in [-0.3, -0.25) is 4.79 Å². The molecule has 146 valence electrons. The SMILES string of the molecule is CCOC(=O)N1CCC(NCC(=O)c2cc(C)n(C(C)(C)C)c2C)CC1. The van der Waals surface area contributed by atoms with Crippen LogP contribution >= 0.6 is 0 Å². The minimum Gasteiger partial charge on any atom is -0.450 e. The van der Waals surface area contributed by atoms with Gasteiger partial charge in [0.15, 0.2) is 5.78 Å². The molecule has 1 aliphatic rings. The molecular weight excluding hydrogens is 330 g/mol. The van der Waals surface area contributed by atoms with Crippen LogP contribution < -0.4 is 5.32 Å². The van der Waals surface area contributed by atoms with Crippen molar-refractivity contribution in [2.75, 3.05) is 26.2 Å². The van der Waals surface area contributed by atoms with Crippen LogP contribution in [-0.2, 0) is 10.3 Å². The lowest BCUT2D eigenvalue weighted by atomic mass is 10.0. The number of carbonyl (C=O) groups is 2. The van der Waals surface area contributed by atoms with Crippen LogP contribution in [0.25, 0.3) is 0 Å². The highest BCUT2D eigenvalue weighted by molar-refractivity contribution is 5.99. The Kier molecular flexibility index (Phi) is 6.50. The van der Waals surface area contributed by atoms with Crippen molar-refractivity contribution in [3.63, 3.8) is 0 Å². The van der Waals surface area contributed by atoms with E-state index in [1.54, 1.807) is 4.90 Å². The van der Waals surface area contributed by atoms with Crippen molar-refractivity contribution in [2.45, 2.75) is 66.0 Å². The fraction of sp³-hybridized carbons (Fsp3) is 0.700. The number of likely N-dealkylation sites (tertiary alicyclic amines) is 1. The largest absolute Gasteiger partial charge is 0.450 e. The van der Waals surface area contributed by atoms with Gasteiger partial charge in [0.25, 0.3) is 0 Å². The number of aryl methyl sites for hydroxylation is 1. The number of ether oxygens (including phenoxy) is 1. The highest BCUT2D eigenvalue weighted by Gasteiger charge is 2.25. The molecule has 0 radical (unpaired) electrons. The summed E-state index contributed by atoms with van der Waals surface area (Å²) in [6.07, 6.45) is 1.44. The van der Waals surface area contributed by atoms with Gasteiger partial charge in [-0.15, -0.1) is 0 Å². The van der Waals surface area contributed by atoms with Gasteiger partial charge >= 0.3 is 6.09 Å². The van der Waals surface area contributed by atoms with Gasteiger partial charge in [-0.05, 0) is 60.5 Å². The van der Waals surface area contributed by atoms with Gasteiger partial charge in [0.05, 0.1) is 13.2 Å². The molecule has 6 nitrogen and oxygen atoms in total. The number of hydrogen-bond acceptors (Lipinski definition) is 4. The summed E-state index contributed by atoms with van der Waals surface area (Å²) in [6.45, 7) is 14.4. The van der Waals surface area contributed by atoms with E-state index in [1.165, 1.54) is 0 Å².